The predicted molar refractivity (Wildman–Crippen MR) is 120 cm³/mol. The molecule has 0 heterocycles. The number of anilines is 1. The standard InChI is InChI=1S/C21H25BrN2O3S/c1-3-5-12-27-19-10-9-15(13-18(19)22)20(25)24-21(28)23-16-7-6-8-17(14-16)26-11-4-2/h6-10,13-14H,3-5,11-12H2,1-2H3,(H2,23,24,25,28). The van der Waals surface area contributed by atoms with Gasteiger partial charge in [-0.1, -0.05) is 26.3 Å². The van der Waals surface area contributed by atoms with Gasteiger partial charge < -0.3 is 14.8 Å². The third-order valence-corrected chi connectivity index (χ3v) is 4.57. The van der Waals surface area contributed by atoms with Crippen molar-refractivity contribution in [3.05, 3.63) is 52.5 Å². The first-order chi connectivity index (χ1) is 13.5. The van der Waals surface area contributed by atoms with Crippen molar-refractivity contribution in [1.82, 2.24) is 5.32 Å². The number of rotatable bonds is 9. The third kappa shape index (κ3) is 7.13. The molecular weight excluding hydrogens is 440 g/mol. The molecule has 0 saturated heterocycles. The molecule has 5 nitrogen and oxygen atoms in total. The Morgan fingerprint density at radius 2 is 1.89 bits per heavy atom. The van der Waals surface area contributed by atoms with Gasteiger partial charge in [-0.3, -0.25) is 10.1 Å². The molecule has 150 valence electrons. The van der Waals surface area contributed by atoms with Crippen LogP contribution < -0.4 is 20.1 Å². The van der Waals surface area contributed by atoms with Gasteiger partial charge in [0.2, 0.25) is 0 Å². The lowest BCUT2D eigenvalue weighted by molar-refractivity contribution is 0.0977. The molecule has 0 aliphatic heterocycles. The summed E-state index contributed by atoms with van der Waals surface area (Å²) in [5.74, 6) is 1.18. The average Bonchev–Trinajstić information content (AvgIpc) is 2.67. The SMILES string of the molecule is CCCCOc1ccc(C(=O)NC(=S)Nc2cccc(OCCC)c2)cc1Br. The van der Waals surface area contributed by atoms with E-state index in [1.165, 1.54) is 0 Å². The van der Waals surface area contributed by atoms with Crippen molar-refractivity contribution in [3.63, 3.8) is 0 Å². The number of halogens is 1. The van der Waals surface area contributed by atoms with Crippen LogP contribution in [0.4, 0.5) is 5.69 Å². The van der Waals surface area contributed by atoms with Gasteiger partial charge in [0, 0.05) is 17.3 Å². The number of ether oxygens (including phenoxy) is 2. The Labute approximate surface area is 179 Å². The van der Waals surface area contributed by atoms with E-state index < -0.39 is 0 Å². The molecule has 0 radical (unpaired) electrons. The Balaban J connectivity index is 1.93. The molecule has 1 amide bonds. The van der Waals surface area contributed by atoms with Crippen LogP contribution in [0.25, 0.3) is 0 Å². The Hall–Kier alpha value is -2.12. The van der Waals surface area contributed by atoms with Crippen LogP contribution in [0.15, 0.2) is 46.9 Å². The minimum absolute atomic E-state index is 0.219. The van der Waals surface area contributed by atoms with E-state index >= 15 is 0 Å². The summed E-state index contributed by atoms with van der Waals surface area (Å²) < 4.78 is 12.0. The molecule has 28 heavy (non-hydrogen) atoms. The normalized spacial score (nSPS) is 10.2. The second-order valence-corrected chi connectivity index (χ2v) is 7.39. The highest BCUT2D eigenvalue weighted by Crippen LogP contribution is 2.26. The van der Waals surface area contributed by atoms with Crippen molar-refractivity contribution in [2.75, 3.05) is 18.5 Å². The minimum atomic E-state index is -0.295. The molecule has 0 bridgehead atoms. The summed E-state index contributed by atoms with van der Waals surface area (Å²) in [6.07, 6.45) is 2.99. The number of hydrogen-bond donors (Lipinski definition) is 2. The summed E-state index contributed by atoms with van der Waals surface area (Å²) in [4.78, 5) is 12.5. The van der Waals surface area contributed by atoms with Gasteiger partial charge in [0.25, 0.3) is 5.91 Å². The Kier molecular flexibility index (Phi) is 9.23. The van der Waals surface area contributed by atoms with Gasteiger partial charge in [-0.05, 0) is 71.3 Å². The van der Waals surface area contributed by atoms with Crippen LogP contribution in [-0.2, 0) is 0 Å². The molecule has 0 unspecified atom stereocenters. The van der Waals surface area contributed by atoms with Gasteiger partial charge in [0.1, 0.15) is 11.5 Å². The second-order valence-electron chi connectivity index (χ2n) is 6.13. The summed E-state index contributed by atoms with van der Waals surface area (Å²) in [5.41, 5.74) is 1.23. The number of amides is 1. The molecule has 0 aromatic heterocycles. The lowest BCUT2D eigenvalue weighted by Gasteiger charge is -2.12. The highest BCUT2D eigenvalue weighted by Gasteiger charge is 2.11. The maximum Gasteiger partial charge on any atom is 0.257 e. The smallest absolute Gasteiger partial charge is 0.257 e. The maximum absolute atomic E-state index is 12.5. The van der Waals surface area contributed by atoms with E-state index in [-0.39, 0.29) is 11.0 Å². The zero-order valence-electron chi connectivity index (χ0n) is 16.1. The average molecular weight is 465 g/mol. The van der Waals surface area contributed by atoms with Gasteiger partial charge in [0.15, 0.2) is 5.11 Å². The number of carbonyl (C=O) groups is 1. The van der Waals surface area contributed by atoms with Crippen LogP contribution in [0.2, 0.25) is 0 Å². The van der Waals surface area contributed by atoms with Crippen LogP contribution in [0.1, 0.15) is 43.5 Å². The van der Waals surface area contributed by atoms with Crippen LogP contribution in [0.5, 0.6) is 11.5 Å². The van der Waals surface area contributed by atoms with E-state index in [2.05, 4.69) is 40.4 Å². The molecule has 0 aliphatic rings. The monoisotopic (exact) mass is 464 g/mol. The van der Waals surface area contributed by atoms with Crippen LogP contribution in [-0.4, -0.2) is 24.2 Å². The summed E-state index contributed by atoms with van der Waals surface area (Å²) in [6, 6.07) is 12.7. The molecule has 0 fully saturated rings. The molecule has 0 spiro atoms. The highest BCUT2D eigenvalue weighted by atomic mass is 79.9. The third-order valence-electron chi connectivity index (χ3n) is 3.74. The van der Waals surface area contributed by atoms with Crippen molar-refractivity contribution >= 4 is 44.9 Å². The van der Waals surface area contributed by atoms with Crippen molar-refractivity contribution in [3.8, 4) is 11.5 Å². The number of nitrogens with one attached hydrogen (secondary N) is 2. The number of hydrogen-bond acceptors (Lipinski definition) is 4. The fraction of sp³-hybridized carbons (Fsp3) is 0.333. The Morgan fingerprint density at radius 1 is 1.07 bits per heavy atom. The first kappa shape index (κ1) is 22.2. The fourth-order valence-electron chi connectivity index (χ4n) is 2.31. The van der Waals surface area contributed by atoms with Crippen LogP contribution in [0.3, 0.4) is 0 Å². The van der Waals surface area contributed by atoms with E-state index in [1.54, 1.807) is 18.2 Å². The van der Waals surface area contributed by atoms with Gasteiger partial charge in [0.05, 0.1) is 17.7 Å². The lowest BCUT2D eigenvalue weighted by atomic mass is 10.2. The summed E-state index contributed by atoms with van der Waals surface area (Å²) >= 11 is 8.70. The highest BCUT2D eigenvalue weighted by molar-refractivity contribution is 9.10. The quantitative estimate of drug-likeness (QED) is 0.376. The van der Waals surface area contributed by atoms with Crippen LogP contribution >= 0.6 is 28.1 Å². The summed E-state index contributed by atoms with van der Waals surface area (Å²) in [7, 11) is 0. The molecule has 0 aliphatic carbocycles. The largest absolute Gasteiger partial charge is 0.494 e. The Morgan fingerprint density at radius 3 is 2.61 bits per heavy atom. The van der Waals surface area contributed by atoms with E-state index in [4.69, 9.17) is 21.7 Å². The van der Waals surface area contributed by atoms with Gasteiger partial charge in [-0.2, -0.15) is 0 Å². The van der Waals surface area contributed by atoms with Crippen molar-refractivity contribution in [2.24, 2.45) is 0 Å². The second kappa shape index (κ2) is 11.7. The van der Waals surface area contributed by atoms with E-state index in [0.717, 1.165) is 40.9 Å². The van der Waals surface area contributed by atoms with Crippen molar-refractivity contribution in [1.29, 1.82) is 0 Å². The number of thiocarbonyl (C=S) groups is 1. The molecule has 7 heteroatoms. The van der Waals surface area contributed by atoms with Crippen molar-refractivity contribution < 1.29 is 14.3 Å². The Bertz CT molecular complexity index is 814. The van der Waals surface area contributed by atoms with Gasteiger partial charge in [-0.15, -0.1) is 0 Å². The van der Waals surface area contributed by atoms with Gasteiger partial charge in [-0.25, -0.2) is 0 Å². The fourth-order valence-corrected chi connectivity index (χ4v) is 3.01. The molecule has 2 N–H and O–H groups in total. The van der Waals surface area contributed by atoms with E-state index in [9.17, 15) is 4.79 Å². The summed E-state index contributed by atoms with van der Waals surface area (Å²) in [5, 5.41) is 5.91. The first-order valence-electron chi connectivity index (χ1n) is 9.31. The zero-order valence-corrected chi connectivity index (χ0v) is 18.5. The zero-order chi connectivity index (χ0) is 20.4. The van der Waals surface area contributed by atoms with E-state index in [0.29, 0.717) is 18.8 Å². The molecular formula is C21H25BrN2O3S. The maximum atomic E-state index is 12.5. The lowest BCUT2D eigenvalue weighted by Crippen LogP contribution is -2.34. The molecule has 2 aromatic rings. The molecule has 2 aromatic carbocycles. The first-order valence-corrected chi connectivity index (χ1v) is 10.5. The molecule has 0 saturated carbocycles. The minimum Gasteiger partial charge on any atom is -0.494 e. The molecule has 2 rings (SSSR count). The van der Waals surface area contributed by atoms with E-state index in [1.807, 2.05) is 24.3 Å². The number of benzene rings is 2. The van der Waals surface area contributed by atoms with Crippen LogP contribution in [0, 0.1) is 0 Å². The van der Waals surface area contributed by atoms with Gasteiger partial charge >= 0.3 is 0 Å². The summed E-state index contributed by atoms with van der Waals surface area (Å²) in [6.45, 7) is 5.46. The number of carbonyl (C=O) groups excluding carboxylic acids is 1. The topological polar surface area (TPSA) is 59.6 Å². The predicted octanol–water partition coefficient (Wildman–Crippen LogP) is 5.54. The molecule has 0 atom stereocenters. The van der Waals surface area contributed by atoms with Crippen molar-refractivity contribution in [2.45, 2.75) is 33.1 Å². The number of unbranched alkanes of at least 4 members (excludes halogenated alkanes) is 1.